The van der Waals surface area contributed by atoms with E-state index in [0.717, 1.165) is 23.5 Å². The zero-order valence-electron chi connectivity index (χ0n) is 16.7. The fourth-order valence-electron chi connectivity index (χ4n) is 2.46. The highest BCUT2D eigenvalue weighted by Gasteiger charge is 2.04. The molecule has 0 amide bonds. The van der Waals surface area contributed by atoms with Gasteiger partial charge >= 0.3 is 0 Å². The zero-order chi connectivity index (χ0) is 20.9. The molecule has 0 saturated heterocycles. The molecule has 0 unspecified atom stereocenters. The number of nitrogens with zero attached hydrogens (tertiary/aromatic N) is 2. The van der Waals surface area contributed by atoms with Gasteiger partial charge in [-0.2, -0.15) is 0 Å². The van der Waals surface area contributed by atoms with Crippen molar-refractivity contribution in [1.82, 2.24) is 5.32 Å². The molecule has 0 aromatic heterocycles. The van der Waals surface area contributed by atoms with Crippen molar-refractivity contribution >= 4 is 23.0 Å². The number of guanidine groups is 1. The summed E-state index contributed by atoms with van der Waals surface area (Å²) < 4.78 is 10.7. The molecular formula is C20H27N5O4. The first-order valence-corrected chi connectivity index (χ1v) is 9.30. The summed E-state index contributed by atoms with van der Waals surface area (Å²) in [5.74, 6) is 1.41. The number of nitrogens with one attached hydrogen (secondary N) is 3. The lowest BCUT2D eigenvalue weighted by molar-refractivity contribution is -0.384. The Kier molecular flexibility index (Phi) is 9.23. The van der Waals surface area contributed by atoms with Gasteiger partial charge < -0.3 is 25.4 Å². The van der Waals surface area contributed by atoms with Crippen LogP contribution in [0.5, 0.6) is 5.75 Å². The van der Waals surface area contributed by atoms with Crippen molar-refractivity contribution in [1.29, 1.82) is 0 Å². The molecule has 2 aromatic carbocycles. The third kappa shape index (κ3) is 8.06. The molecule has 2 aromatic rings. The Morgan fingerprint density at radius 2 is 1.90 bits per heavy atom. The summed E-state index contributed by atoms with van der Waals surface area (Å²) in [6.45, 7) is 2.51. The van der Waals surface area contributed by atoms with Crippen LogP contribution in [0.1, 0.15) is 6.42 Å². The van der Waals surface area contributed by atoms with Crippen LogP contribution in [-0.4, -0.2) is 51.3 Å². The van der Waals surface area contributed by atoms with E-state index < -0.39 is 4.92 Å². The molecule has 0 aliphatic rings. The first-order chi connectivity index (χ1) is 14.1. The Morgan fingerprint density at radius 3 is 2.59 bits per heavy atom. The average Bonchev–Trinajstić information content (AvgIpc) is 2.74. The highest BCUT2D eigenvalue weighted by molar-refractivity contribution is 5.93. The standard InChI is InChI=1S/C20H27N5O4/c1-21-20(23-12-11-22-16-7-9-18(10-8-16)25(26)27)24-17-5-3-6-19(15-17)29-14-4-13-28-2/h3,5-10,15,22H,4,11-14H2,1-2H3,(H2,21,23,24). The van der Waals surface area contributed by atoms with Gasteiger partial charge in [0.15, 0.2) is 5.96 Å². The first kappa shape index (κ1) is 22.0. The summed E-state index contributed by atoms with van der Waals surface area (Å²) >= 11 is 0. The lowest BCUT2D eigenvalue weighted by Crippen LogP contribution is -2.34. The van der Waals surface area contributed by atoms with Crippen molar-refractivity contribution in [3.63, 3.8) is 0 Å². The van der Waals surface area contributed by atoms with Crippen LogP contribution < -0.4 is 20.7 Å². The maximum atomic E-state index is 10.7. The van der Waals surface area contributed by atoms with Gasteiger partial charge in [0, 0.05) is 69.8 Å². The fourth-order valence-corrected chi connectivity index (χ4v) is 2.46. The van der Waals surface area contributed by atoms with E-state index in [-0.39, 0.29) is 5.69 Å². The number of benzene rings is 2. The minimum atomic E-state index is -0.416. The number of methoxy groups -OCH3 is 1. The molecule has 0 aliphatic heterocycles. The van der Waals surface area contributed by atoms with Gasteiger partial charge in [-0.3, -0.25) is 15.1 Å². The molecule has 0 saturated carbocycles. The second kappa shape index (κ2) is 12.2. The Balaban J connectivity index is 1.75. The molecule has 156 valence electrons. The number of anilines is 2. The summed E-state index contributed by atoms with van der Waals surface area (Å²) in [5.41, 5.74) is 1.76. The minimum Gasteiger partial charge on any atom is -0.493 e. The lowest BCUT2D eigenvalue weighted by atomic mass is 10.3. The third-order valence-electron chi connectivity index (χ3n) is 3.91. The highest BCUT2D eigenvalue weighted by Crippen LogP contribution is 2.17. The van der Waals surface area contributed by atoms with Crippen LogP contribution in [0.3, 0.4) is 0 Å². The molecule has 0 spiro atoms. The van der Waals surface area contributed by atoms with E-state index >= 15 is 0 Å². The van der Waals surface area contributed by atoms with Gasteiger partial charge in [0.2, 0.25) is 0 Å². The summed E-state index contributed by atoms with van der Waals surface area (Å²) in [6.07, 6.45) is 0.832. The molecular weight excluding hydrogens is 374 g/mol. The molecule has 9 heteroatoms. The number of non-ortho nitro benzene ring substituents is 1. The predicted octanol–water partition coefficient (Wildman–Crippen LogP) is 3.11. The molecule has 3 N–H and O–H groups in total. The van der Waals surface area contributed by atoms with E-state index in [2.05, 4.69) is 20.9 Å². The largest absolute Gasteiger partial charge is 0.493 e. The van der Waals surface area contributed by atoms with Crippen molar-refractivity contribution in [2.24, 2.45) is 4.99 Å². The highest BCUT2D eigenvalue weighted by atomic mass is 16.6. The average molecular weight is 401 g/mol. The monoisotopic (exact) mass is 401 g/mol. The number of hydrogen-bond donors (Lipinski definition) is 3. The molecule has 9 nitrogen and oxygen atoms in total. The van der Waals surface area contributed by atoms with Crippen LogP contribution in [0.4, 0.5) is 17.1 Å². The van der Waals surface area contributed by atoms with Crippen LogP contribution in [0, 0.1) is 10.1 Å². The van der Waals surface area contributed by atoms with Gasteiger partial charge in [-0.15, -0.1) is 0 Å². The number of ether oxygens (including phenoxy) is 2. The zero-order valence-corrected chi connectivity index (χ0v) is 16.7. The third-order valence-corrected chi connectivity index (χ3v) is 3.91. The minimum absolute atomic E-state index is 0.0724. The number of aliphatic imine (C=N–C) groups is 1. The number of hydrogen-bond acceptors (Lipinski definition) is 6. The second-order valence-electron chi connectivity index (χ2n) is 6.08. The van der Waals surface area contributed by atoms with Gasteiger partial charge in [0.1, 0.15) is 5.75 Å². The van der Waals surface area contributed by atoms with E-state index in [1.807, 2.05) is 24.3 Å². The summed E-state index contributed by atoms with van der Waals surface area (Å²) in [5, 5.41) is 20.3. The summed E-state index contributed by atoms with van der Waals surface area (Å²) in [6, 6.07) is 14.0. The van der Waals surface area contributed by atoms with Crippen LogP contribution in [-0.2, 0) is 4.74 Å². The Morgan fingerprint density at radius 1 is 1.10 bits per heavy atom. The van der Waals surface area contributed by atoms with Crippen molar-refractivity contribution < 1.29 is 14.4 Å². The molecule has 0 atom stereocenters. The van der Waals surface area contributed by atoms with Gasteiger partial charge in [0.25, 0.3) is 5.69 Å². The van der Waals surface area contributed by atoms with Gasteiger partial charge in [-0.25, -0.2) is 0 Å². The van der Waals surface area contributed by atoms with Crippen LogP contribution >= 0.6 is 0 Å². The van der Waals surface area contributed by atoms with Crippen molar-refractivity contribution in [2.75, 3.05) is 51.1 Å². The Hall–Kier alpha value is -3.33. The maximum absolute atomic E-state index is 10.7. The van der Waals surface area contributed by atoms with Crippen LogP contribution in [0.15, 0.2) is 53.5 Å². The van der Waals surface area contributed by atoms with Gasteiger partial charge in [0.05, 0.1) is 11.5 Å². The molecule has 0 fully saturated rings. The van der Waals surface area contributed by atoms with E-state index in [0.29, 0.717) is 32.3 Å². The number of nitro groups is 1. The van der Waals surface area contributed by atoms with Crippen molar-refractivity contribution in [3.05, 3.63) is 58.6 Å². The van der Waals surface area contributed by atoms with Crippen LogP contribution in [0.25, 0.3) is 0 Å². The van der Waals surface area contributed by atoms with Crippen molar-refractivity contribution in [2.45, 2.75) is 6.42 Å². The van der Waals surface area contributed by atoms with Crippen molar-refractivity contribution in [3.8, 4) is 5.75 Å². The summed E-state index contributed by atoms with van der Waals surface area (Å²) in [7, 11) is 3.37. The molecule has 2 rings (SSSR count). The number of nitro benzene ring substituents is 1. The first-order valence-electron chi connectivity index (χ1n) is 9.30. The predicted molar refractivity (Wildman–Crippen MR) is 115 cm³/mol. The van der Waals surface area contributed by atoms with E-state index in [1.165, 1.54) is 12.1 Å². The maximum Gasteiger partial charge on any atom is 0.269 e. The Bertz CT molecular complexity index is 796. The fraction of sp³-hybridized carbons (Fsp3) is 0.350. The van der Waals surface area contributed by atoms with Gasteiger partial charge in [-0.05, 0) is 24.3 Å². The SMILES string of the molecule is CN=C(NCCNc1ccc([N+](=O)[O-])cc1)Nc1cccc(OCCCOC)c1. The quantitative estimate of drug-likeness (QED) is 0.174. The summed E-state index contributed by atoms with van der Waals surface area (Å²) in [4.78, 5) is 14.5. The topological polar surface area (TPSA) is 110 Å². The molecule has 0 aliphatic carbocycles. The van der Waals surface area contributed by atoms with Gasteiger partial charge in [-0.1, -0.05) is 6.07 Å². The molecule has 0 radical (unpaired) electrons. The van der Waals surface area contributed by atoms with E-state index in [1.54, 1.807) is 26.3 Å². The van der Waals surface area contributed by atoms with Crippen LogP contribution in [0.2, 0.25) is 0 Å². The number of rotatable bonds is 11. The van der Waals surface area contributed by atoms with E-state index in [4.69, 9.17) is 9.47 Å². The second-order valence-corrected chi connectivity index (χ2v) is 6.08. The Labute approximate surface area is 170 Å². The molecule has 0 bridgehead atoms. The molecule has 29 heavy (non-hydrogen) atoms. The smallest absolute Gasteiger partial charge is 0.269 e. The lowest BCUT2D eigenvalue weighted by Gasteiger charge is -2.14. The normalized spacial score (nSPS) is 11.0. The van der Waals surface area contributed by atoms with E-state index in [9.17, 15) is 10.1 Å². The molecule has 0 heterocycles.